The second-order valence-electron chi connectivity index (χ2n) is 8.61. The molecule has 0 bridgehead atoms. The standard InChI is InChI=1S/C25H50N2O/c1-6-7-8-9-10-11-12-13-14-15-16-17-18-19-20-21-22-28-25(26-23(2)3)27-24(4)5/h13-14,23-24H,6-12,15-22H2,1-5H3,(H,26,27)/b14-13-. The van der Waals surface area contributed by atoms with E-state index in [0.717, 1.165) is 13.0 Å². The molecule has 166 valence electrons. The van der Waals surface area contributed by atoms with Crippen LogP contribution in [0.3, 0.4) is 0 Å². The Bertz CT molecular complexity index is 375. The lowest BCUT2D eigenvalue weighted by Crippen LogP contribution is -2.33. The van der Waals surface area contributed by atoms with Gasteiger partial charge in [-0.2, -0.15) is 0 Å². The number of allylic oxidation sites excluding steroid dienone is 2. The number of ether oxygens (including phenoxy) is 1. The molecule has 0 aliphatic carbocycles. The molecule has 0 aromatic rings. The Kier molecular flexibility index (Phi) is 20.0. The van der Waals surface area contributed by atoms with Crippen LogP contribution in [0.1, 0.15) is 125 Å². The summed E-state index contributed by atoms with van der Waals surface area (Å²) in [5.74, 6) is 0. The van der Waals surface area contributed by atoms with E-state index in [-0.39, 0.29) is 6.04 Å². The highest BCUT2D eigenvalue weighted by molar-refractivity contribution is 5.73. The zero-order chi connectivity index (χ0) is 20.9. The van der Waals surface area contributed by atoms with E-state index in [0.29, 0.717) is 12.1 Å². The minimum Gasteiger partial charge on any atom is -0.465 e. The molecule has 0 unspecified atom stereocenters. The number of nitrogens with zero attached hydrogens (tertiary/aromatic N) is 1. The van der Waals surface area contributed by atoms with Crippen molar-refractivity contribution in [2.45, 2.75) is 137 Å². The summed E-state index contributed by atoms with van der Waals surface area (Å²) in [7, 11) is 0. The van der Waals surface area contributed by atoms with Crippen LogP contribution in [0.15, 0.2) is 17.1 Å². The molecule has 1 N–H and O–H groups in total. The molecule has 0 aliphatic heterocycles. The third-order valence-corrected chi connectivity index (χ3v) is 4.68. The van der Waals surface area contributed by atoms with Crippen LogP contribution >= 0.6 is 0 Å². The molecule has 0 atom stereocenters. The topological polar surface area (TPSA) is 33.6 Å². The molecular weight excluding hydrogens is 344 g/mol. The van der Waals surface area contributed by atoms with Crippen molar-refractivity contribution < 1.29 is 4.74 Å². The maximum Gasteiger partial charge on any atom is 0.285 e. The van der Waals surface area contributed by atoms with Gasteiger partial charge in [-0.25, -0.2) is 4.99 Å². The molecule has 0 aliphatic rings. The minimum absolute atomic E-state index is 0.265. The van der Waals surface area contributed by atoms with Gasteiger partial charge in [-0.1, -0.05) is 76.9 Å². The zero-order valence-corrected chi connectivity index (χ0v) is 19.8. The molecule has 28 heavy (non-hydrogen) atoms. The number of rotatable bonds is 18. The number of nitrogens with one attached hydrogen (secondary N) is 1. The largest absolute Gasteiger partial charge is 0.465 e. The fourth-order valence-corrected chi connectivity index (χ4v) is 3.12. The summed E-state index contributed by atoms with van der Waals surface area (Å²) >= 11 is 0. The fourth-order valence-electron chi connectivity index (χ4n) is 3.12. The van der Waals surface area contributed by atoms with Gasteiger partial charge in [0, 0.05) is 12.1 Å². The Labute approximate surface area is 176 Å². The lowest BCUT2D eigenvalue weighted by atomic mass is 10.1. The summed E-state index contributed by atoms with van der Waals surface area (Å²) in [6.07, 6.45) is 23.5. The van der Waals surface area contributed by atoms with E-state index in [1.54, 1.807) is 0 Å². The molecule has 3 nitrogen and oxygen atoms in total. The third kappa shape index (κ3) is 21.3. The quantitative estimate of drug-likeness (QED) is 0.111. The van der Waals surface area contributed by atoms with Crippen LogP contribution in [0.4, 0.5) is 0 Å². The van der Waals surface area contributed by atoms with Crippen LogP contribution in [-0.2, 0) is 4.74 Å². The van der Waals surface area contributed by atoms with Gasteiger partial charge in [0.15, 0.2) is 0 Å². The number of amidine groups is 1. The number of hydrogen-bond acceptors (Lipinski definition) is 2. The molecule has 0 amide bonds. The SMILES string of the molecule is CCCCCCCC/C=C\CCCCCCCCO/C(=N\C(C)C)NC(C)C. The van der Waals surface area contributed by atoms with E-state index in [1.165, 1.54) is 83.5 Å². The predicted molar refractivity (Wildman–Crippen MR) is 126 cm³/mol. The van der Waals surface area contributed by atoms with Crippen molar-refractivity contribution >= 4 is 6.02 Å². The molecular formula is C25H50N2O. The Hall–Kier alpha value is -0.990. The number of aliphatic imine (C=N–C) groups is 1. The predicted octanol–water partition coefficient (Wildman–Crippen LogP) is 7.80. The Morgan fingerprint density at radius 2 is 1.25 bits per heavy atom. The van der Waals surface area contributed by atoms with Crippen molar-refractivity contribution in [2.24, 2.45) is 4.99 Å². The third-order valence-electron chi connectivity index (χ3n) is 4.68. The van der Waals surface area contributed by atoms with Gasteiger partial charge in [0.05, 0.1) is 6.61 Å². The lowest BCUT2D eigenvalue weighted by Gasteiger charge is -2.15. The average molecular weight is 395 g/mol. The van der Waals surface area contributed by atoms with Crippen LogP contribution in [-0.4, -0.2) is 24.7 Å². The lowest BCUT2D eigenvalue weighted by molar-refractivity contribution is 0.272. The first kappa shape index (κ1) is 27.0. The van der Waals surface area contributed by atoms with Crippen LogP contribution in [0.2, 0.25) is 0 Å². The molecule has 0 saturated carbocycles. The Balaban J connectivity index is 3.42. The maximum absolute atomic E-state index is 5.81. The van der Waals surface area contributed by atoms with Crippen molar-refractivity contribution in [3.63, 3.8) is 0 Å². The smallest absolute Gasteiger partial charge is 0.285 e. The summed E-state index contributed by atoms with van der Waals surface area (Å²) < 4.78 is 5.81. The molecule has 0 radical (unpaired) electrons. The second kappa shape index (κ2) is 20.7. The molecule has 0 saturated heterocycles. The van der Waals surface area contributed by atoms with Gasteiger partial charge in [0.2, 0.25) is 0 Å². The fraction of sp³-hybridized carbons (Fsp3) is 0.880. The highest BCUT2D eigenvalue weighted by Gasteiger charge is 2.03. The van der Waals surface area contributed by atoms with Gasteiger partial charge in [-0.3, -0.25) is 0 Å². The van der Waals surface area contributed by atoms with Crippen LogP contribution in [0.5, 0.6) is 0 Å². The number of unbranched alkanes of at least 4 members (excludes halogenated alkanes) is 12. The van der Waals surface area contributed by atoms with Gasteiger partial charge < -0.3 is 10.1 Å². The number of hydrogen-bond donors (Lipinski definition) is 1. The summed E-state index contributed by atoms with van der Waals surface area (Å²) in [5, 5.41) is 3.29. The Morgan fingerprint density at radius 1 is 0.750 bits per heavy atom. The van der Waals surface area contributed by atoms with Crippen molar-refractivity contribution in [1.82, 2.24) is 5.32 Å². The molecule has 3 heteroatoms. The maximum atomic E-state index is 5.81. The first-order valence-electron chi connectivity index (χ1n) is 12.2. The monoisotopic (exact) mass is 394 g/mol. The van der Waals surface area contributed by atoms with Gasteiger partial charge in [0.1, 0.15) is 0 Å². The second-order valence-corrected chi connectivity index (χ2v) is 8.61. The summed E-state index contributed by atoms with van der Waals surface area (Å²) in [6.45, 7) is 11.4. The van der Waals surface area contributed by atoms with Crippen LogP contribution in [0.25, 0.3) is 0 Å². The van der Waals surface area contributed by atoms with Crippen molar-refractivity contribution in [3.8, 4) is 0 Å². The highest BCUT2D eigenvalue weighted by atomic mass is 16.5. The van der Waals surface area contributed by atoms with Gasteiger partial charge in [0.25, 0.3) is 6.02 Å². The van der Waals surface area contributed by atoms with Gasteiger partial charge in [-0.15, -0.1) is 0 Å². The van der Waals surface area contributed by atoms with Gasteiger partial charge >= 0.3 is 0 Å². The van der Waals surface area contributed by atoms with E-state index >= 15 is 0 Å². The molecule has 0 spiro atoms. The van der Waals surface area contributed by atoms with Crippen molar-refractivity contribution in [2.75, 3.05) is 6.61 Å². The molecule has 0 aromatic carbocycles. The normalized spacial score (nSPS) is 12.5. The van der Waals surface area contributed by atoms with E-state index in [2.05, 4.69) is 57.1 Å². The van der Waals surface area contributed by atoms with Crippen LogP contribution < -0.4 is 5.32 Å². The summed E-state index contributed by atoms with van der Waals surface area (Å²) in [4.78, 5) is 4.50. The zero-order valence-electron chi connectivity index (χ0n) is 19.8. The summed E-state index contributed by atoms with van der Waals surface area (Å²) in [6, 6.07) is 1.33. The van der Waals surface area contributed by atoms with Crippen molar-refractivity contribution in [3.05, 3.63) is 12.2 Å². The van der Waals surface area contributed by atoms with E-state index in [4.69, 9.17) is 4.74 Å². The van der Waals surface area contributed by atoms with Crippen LogP contribution in [0, 0.1) is 0 Å². The molecule has 0 heterocycles. The van der Waals surface area contributed by atoms with E-state index in [9.17, 15) is 0 Å². The molecule has 0 rings (SSSR count). The molecule has 0 fully saturated rings. The molecule has 0 aromatic heterocycles. The average Bonchev–Trinajstić information content (AvgIpc) is 2.63. The first-order chi connectivity index (χ1) is 13.6. The van der Waals surface area contributed by atoms with E-state index < -0.39 is 0 Å². The van der Waals surface area contributed by atoms with Gasteiger partial charge in [-0.05, 0) is 59.8 Å². The minimum atomic E-state index is 0.265. The highest BCUT2D eigenvalue weighted by Crippen LogP contribution is 2.10. The first-order valence-corrected chi connectivity index (χ1v) is 12.2. The summed E-state index contributed by atoms with van der Waals surface area (Å²) in [5.41, 5.74) is 0. The Morgan fingerprint density at radius 3 is 1.75 bits per heavy atom. The van der Waals surface area contributed by atoms with E-state index in [1.807, 2.05) is 0 Å². The van der Waals surface area contributed by atoms with Crippen molar-refractivity contribution in [1.29, 1.82) is 0 Å².